The maximum Gasteiger partial charge on any atom is 0.199 e. The topological polar surface area (TPSA) is 58.9 Å². The summed E-state index contributed by atoms with van der Waals surface area (Å²) >= 11 is 0. The van der Waals surface area contributed by atoms with E-state index >= 15 is 0 Å². The van der Waals surface area contributed by atoms with Gasteiger partial charge in [-0.1, -0.05) is 42.8 Å². The number of oxime groups is 1. The molecule has 0 aliphatic heterocycles. The van der Waals surface area contributed by atoms with Crippen molar-refractivity contribution in [3.05, 3.63) is 41.0 Å². The van der Waals surface area contributed by atoms with E-state index in [0.29, 0.717) is 23.4 Å². The highest BCUT2D eigenvalue weighted by atomic mass is 16.6. The average Bonchev–Trinajstić information content (AvgIpc) is 2.68. The van der Waals surface area contributed by atoms with Crippen LogP contribution in [0.4, 0.5) is 0 Å². The highest BCUT2D eigenvalue weighted by Gasteiger charge is 2.31. The molecule has 19 heavy (non-hydrogen) atoms. The molecule has 4 nitrogen and oxygen atoms in total. The molecule has 1 N–H and O–H groups in total. The van der Waals surface area contributed by atoms with Crippen LogP contribution >= 0.6 is 0 Å². The van der Waals surface area contributed by atoms with Gasteiger partial charge in [-0.2, -0.15) is 0 Å². The first kappa shape index (κ1) is 13.3. The van der Waals surface area contributed by atoms with Crippen LogP contribution in [0.1, 0.15) is 42.6 Å². The number of allylic oxidation sites excluding steroid dienone is 1. The fourth-order valence-corrected chi connectivity index (χ4v) is 2.00. The summed E-state index contributed by atoms with van der Waals surface area (Å²) < 4.78 is 0. The quantitative estimate of drug-likeness (QED) is 0.501. The third-order valence-corrected chi connectivity index (χ3v) is 3.04. The van der Waals surface area contributed by atoms with Crippen LogP contribution in [-0.2, 0) is 4.84 Å². The predicted molar refractivity (Wildman–Crippen MR) is 74.3 cm³/mol. The van der Waals surface area contributed by atoms with E-state index in [4.69, 9.17) is 4.84 Å². The number of carbonyl (C=O) groups is 1. The Labute approximate surface area is 112 Å². The first-order valence-corrected chi connectivity index (χ1v) is 6.41. The van der Waals surface area contributed by atoms with Gasteiger partial charge in [-0.15, -0.1) is 0 Å². The van der Waals surface area contributed by atoms with E-state index < -0.39 is 0 Å². The molecule has 0 fully saturated rings. The van der Waals surface area contributed by atoms with Crippen molar-refractivity contribution < 1.29 is 14.7 Å². The van der Waals surface area contributed by atoms with Crippen LogP contribution in [0.2, 0.25) is 0 Å². The minimum atomic E-state index is -0.201. The number of benzene rings is 1. The van der Waals surface area contributed by atoms with Crippen LogP contribution in [0.3, 0.4) is 0 Å². The predicted octanol–water partition coefficient (Wildman–Crippen LogP) is 3.34. The summed E-state index contributed by atoms with van der Waals surface area (Å²) in [6, 6.07) is 6.99. The molecular formula is C15H17NO3. The second-order valence-electron chi connectivity index (χ2n) is 4.46. The van der Waals surface area contributed by atoms with Gasteiger partial charge in [0.15, 0.2) is 5.78 Å². The third kappa shape index (κ3) is 2.52. The molecule has 0 bridgehead atoms. The Morgan fingerprint density at radius 1 is 1.32 bits per heavy atom. The van der Waals surface area contributed by atoms with Gasteiger partial charge >= 0.3 is 0 Å². The molecule has 2 rings (SSSR count). The Morgan fingerprint density at radius 2 is 2.00 bits per heavy atom. The Morgan fingerprint density at radius 3 is 2.63 bits per heavy atom. The second kappa shape index (κ2) is 5.69. The lowest BCUT2D eigenvalue weighted by molar-refractivity contribution is 0.104. The van der Waals surface area contributed by atoms with Crippen LogP contribution < -0.4 is 0 Å². The van der Waals surface area contributed by atoms with Crippen LogP contribution in [0, 0.1) is 0 Å². The molecule has 0 radical (unpaired) electrons. The van der Waals surface area contributed by atoms with Crippen LogP contribution in [-0.4, -0.2) is 23.2 Å². The van der Waals surface area contributed by atoms with Crippen molar-refractivity contribution in [1.29, 1.82) is 0 Å². The lowest BCUT2D eigenvalue weighted by Gasteiger charge is -2.02. The zero-order valence-corrected chi connectivity index (χ0v) is 11.1. The molecule has 1 aliphatic carbocycles. The zero-order valence-electron chi connectivity index (χ0n) is 11.1. The zero-order chi connectivity index (χ0) is 13.8. The van der Waals surface area contributed by atoms with Gasteiger partial charge in [0.25, 0.3) is 0 Å². The summed E-state index contributed by atoms with van der Waals surface area (Å²) in [5.41, 5.74) is 1.72. The minimum absolute atomic E-state index is 0.0130. The monoisotopic (exact) mass is 259 g/mol. The van der Waals surface area contributed by atoms with Gasteiger partial charge in [-0.25, -0.2) is 0 Å². The molecule has 0 heterocycles. The van der Waals surface area contributed by atoms with Gasteiger partial charge in [-0.05, 0) is 13.3 Å². The Kier molecular flexibility index (Phi) is 4.00. The molecule has 0 atom stereocenters. The number of nitrogens with zero attached hydrogens (tertiary/aromatic N) is 1. The fraction of sp³-hybridized carbons (Fsp3) is 0.333. The van der Waals surface area contributed by atoms with E-state index in [-0.39, 0.29) is 17.1 Å². The molecule has 0 spiro atoms. The number of carbonyl (C=O) groups excluding carboxylic acids is 1. The minimum Gasteiger partial charge on any atom is -0.506 e. The molecule has 4 heteroatoms. The largest absolute Gasteiger partial charge is 0.506 e. The first-order valence-electron chi connectivity index (χ1n) is 6.41. The molecule has 1 aromatic carbocycles. The number of aliphatic hydroxyl groups excluding tert-OH is 1. The number of ketones is 1. The second-order valence-corrected chi connectivity index (χ2v) is 4.46. The lowest BCUT2D eigenvalue weighted by Crippen LogP contribution is -2.08. The average molecular weight is 259 g/mol. The van der Waals surface area contributed by atoms with E-state index in [9.17, 15) is 9.90 Å². The Hall–Kier alpha value is -2.10. The van der Waals surface area contributed by atoms with Gasteiger partial charge in [0, 0.05) is 11.1 Å². The number of rotatable bonds is 5. The summed E-state index contributed by atoms with van der Waals surface area (Å²) in [7, 11) is 0. The summed E-state index contributed by atoms with van der Waals surface area (Å²) in [5.74, 6) is -0.214. The fourth-order valence-electron chi connectivity index (χ4n) is 2.00. The van der Waals surface area contributed by atoms with Gasteiger partial charge < -0.3 is 9.94 Å². The Balaban J connectivity index is 2.22. The summed E-state index contributed by atoms with van der Waals surface area (Å²) in [6.45, 7) is 4.25. The molecule has 1 aromatic rings. The Bertz CT molecular complexity index is 558. The SMILES string of the molecule is CCCCON=C(C)C1=C(O)c2ccccc2C1=O. The molecule has 0 saturated heterocycles. The number of aliphatic hydroxyl groups is 1. The van der Waals surface area contributed by atoms with E-state index in [0.717, 1.165) is 12.8 Å². The number of hydrogen-bond donors (Lipinski definition) is 1. The van der Waals surface area contributed by atoms with E-state index in [1.54, 1.807) is 31.2 Å². The summed E-state index contributed by atoms with van der Waals surface area (Å²) in [5, 5.41) is 14.0. The molecule has 0 saturated carbocycles. The molecule has 1 aliphatic rings. The van der Waals surface area contributed by atoms with Crippen molar-refractivity contribution in [2.45, 2.75) is 26.7 Å². The smallest absolute Gasteiger partial charge is 0.199 e. The van der Waals surface area contributed by atoms with E-state index in [1.807, 2.05) is 0 Å². The van der Waals surface area contributed by atoms with E-state index in [2.05, 4.69) is 12.1 Å². The molecule has 0 aromatic heterocycles. The van der Waals surface area contributed by atoms with Gasteiger partial charge in [0.05, 0.1) is 11.3 Å². The van der Waals surface area contributed by atoms with Crippen molar-refractivity contribution in [2.75, 3.05) is 6.61 Å². The number of hydrogen-bond acceptors (Lipinski definition) is 4. The van der Waals surface area contributed by atoms with Gasteiger partial charge in [-0.3, -0.25) is 4.79 Å². The molecule has 0 amide bonds. The van der Waals surface area contributed by atoms with Crippen molar-refractivity contribution in [3.63, 3.8) is 0 Å². The number of unbranched alkanes of at least 4 members (excludes halogenated alkanes) is 1. The van der Waals surface area contributed by atoms with Gasteiger partial charge in [0.2, 0.25) is 0 Å². The van der Waals surface area contributed by atoms with Crippen LogP contribution in [0.15, 0.2) is 35.0 Å². The molecule has 0 unspecified atom stereocenters. The summed E-state index contributed by atoms with van der Waals surface area (Å²) in [4.78, 5) is 17.3. The number of Topliss-reactive ketones (excluding diaryl/α,β-unsaturated/α-hetero) is 1. The first-order chi connectivity index (χ1) is 9.16. The van der Waals surface area contributed by atoms with Crippen molar-refractivity contribution in [3.8, 4) is 0 Å². The standard InChI is InChI=1S/C15H17NO3/c1-3-4-9-19-16-10(2)13-14(17)11-7-5-6-8-12(11)15(13)18/h5-8,17H,3-4,9H2,1-2H3. The van der Waals surface area contributed by atoms with Crippen LogP contribution in [0.5, 0.6) is 0 Å². The summed E-state index contributed by atoms with van der Waals surface area (Å²) in [6.07, 6.45) is 1.93. The maximum absolute atomic E-state index is 12.2. The lowest BCUT2D eigenvalue weighted by atomic mass is 10.1. The highest BCUT2D eigenvalue weighted by molar-refractivity contribution is 6.35. The molecule has 100 valence electrons. The number of fused-ring (bicyclic) bond motifs is 1. The van der Waals surface area contributed by atoms with Crippen molar-refractivity contribution in [1.82, 2.24) is 0 Å². The van der Waals surface area contributed by atoms with E-state index in [1.165, 1.54) is 0 Å². The maximum atomic E-state index is 12.2. The normalized spacial score (nSPS) is 14.8. The third-order valence-electron chi connectivity index (χ3n) is 3.04. The van der Waals surface area contributed by atoms with Crippen molar-refractivity contribution >= 4 is 17.3 Å². The molecular weight excluding hydrogens is 242 g/mol. The van der Waals surface area contributed by atoms with Crippen LogP contribution in [0.25, 0.3) is 5.76 Å². The van der Waals surface area contributed by atoms with Gasteiger partial charge in [0.1, 0.15) is 12.4 Å². The van der Waals surface area contributed by atoms with Crippen molar-refractivity contribution in [2.24, 2.45) is 5.16 Å². The highest BCUT2D eigenvalue weighted by Crippen LogP contribution is 2.31.